The number of aliphatic carboxylic acids is 1. The summed E-state index contributed by atoms with van der Waals surface area (Å²) in [6.45, 7) is 1.73. The molecule has 0 radical (unpaired) electrons. The van der Waals surface area contributed by atoms with Crippen LogP contribution < -0.4 is 4.74 Å². The van der Waals surface area contributed by atoms with E-state index in [0.29, 0.717) is 11.3 Å². The monoisotopic (exact) mass is 274 g/mol. The number of hydrogen-bond donors (Lipinski definition) is 1. The number of ether oxygens (including phenoxy) is 1. The van der Waals surface area contributed by atoms with E-state index in [0.717, 1.165) is 11.4 Å². The molecule has 6 nitrogen and oxygen atoms in total. The second kappa shape index (κ2) is 5.56. The van der Waals surface area contributed by atoms with Gasteiger partial charge in [0, 0.05) is 0 Å². The normalized spacial score (nSPS) is 10.3. The van der Waals surface area contributed by atoms with Gasteiger partial charge in [0.2, 0.25) is 0 Å². The Morgan fingerprint density at radius 3 is 2.50 bits per heavy atom. The van der Waals surface area contributed by atoms with Crippen molar-refractivity contribution in [1.82, 2.24) is 9.78 Å². The van der Waals surface area contributed by atoms with Crippen molar-refractivity contribution in [3.05, 3.63) is 41.7 Å². The largest absolute Gasteiger partial charge is 0.497 e. The molecule has 0 saturated carbocycles. The van der Waals surface area contributed by atoms with E-state index in [9.17, 15) is 9.59 Å². The quantitative estimate of drug-likeness (QED) is 0.664. The standard InChI is InChI=1S/C14H14N2O4/c1-9-12(13(17)7-14(18)19)8-15-16(9)10-3-5-11(20-2)6-4-10/h3-6,8H,7H2,1-2H3,(H,18,19). The molecule has 0 aliphatic carbocycles. The van der Waals surface area contributed by atoms with Crippen molar-refractivity contribution in [3.8, 4) is 11.4 Å². The van der Waals surface area contributed by atoms with Crippen LogP contribution in [0.1, 0.15) is 22.5 Å². The number of carboxylic acid groups (broad SMARTS) is 1. The van der Waals surface area contributed by atoms with Gasteiger partial charge in [0.1, 0.15) is 12.2 Å². The molecular weight excluding hydrogens is 260 g/mol. The van der Waals surface area contributed by atoms with E-state index in [4.69, 9.17) is 9.84 Å². The first-order chi connectivity index (χ1) is 9.52. The molecule has 0 amide bonds. The number of nitrogens with zero attached hydrogens (tertiary/aromatic N) is 2. The maximum atomic E-state index is 11.8. The second-order valence-corrected chi connectivity index (χ2v) is 4.25. The highest BCUT2D eigenvalue weighted by Crippen LogP contribution is 2.18. The summed E-state index contributed by atoms with van der Waals surface area (Å²) < 4.78 is 6.67. The van der Waals surface area contributed by atoms with Crippen LogP contribution in [0.15, 0.2) is 30.5 Å². The zero-order chi connectivity index (χ0) is 14.7. The highest BCUT2D eigenvalue weighted by Gasteiger charge is 2.17. The number of methoxy groups -OCH3 is 1. The lowest BCUT2D eigenvalue weighted by molar-refractivity contribution is -0.135. The predicted molar refractivity (Wildman–Crippen MR) is 71.4 cm³/mol. The predicted octanol–water partition coefficient (Wildman–Crippen LogP) is 1.85. The molecular formula is C14H14N2O4. The smallest absolute Gasteiger partial charge is 0.311 e. The molecule has 1 aromatic heterocycles. The Morgan fingerprint density at radius 1 is 1.30 bits per heavy atom. The molecule has 2 rings (SSSR count). The average molecular weight is 274 g/mol. The highest BCUT2D eigenvalue weighted by molar-refractivity contribution is 6.06. The molecule has 104 valence electrons. The molecule has 1 heterocycles. The van der Waals surface area contributed by atoms with Gasteiger partial charge >= 0.3 is 5.97 Å². The number of carbonyl (C=O) groups is 2. The van der Waals surface area contributed by atoms with Gasteiger partial charge in [-0.15, -0.1) is 0 Å². The Hall–Kier alpha value is -2.63. The molecule has 0 aliphatic heterocycles. The molecule has 0 spiro atoms. The molecule has 1 N–H and O–H groups in total. The van der Waals surface area contributed by atoms with E-state index >= 15 is 0 Å². The van der Waals surface area contributed by atoms with Gasteiger partial charge in [-0.2, -0.15) is 5.10 Å². The number of ketones is 1. The Kier molecular flexibility index (Phi) is 3.84. The molecule has 0 atom stereocenters. The number of carboxylic acids is 1. The maximum Gasteiger partial charge on any atom is 0.311 e. The lowest BCUT2D eigenvalue weighted by Crippen LogP contribution is -2.08. The SMILES string of the molecule is COc1ccc(-n2ncc(C(=O)CC(=O)O)c2C)cc1. The van der Waals surface area contributed by atoms with Crippen LogP contribution in [0.2, 0.25) is 0 Å². The van der Waals surface area contributed by atoms with E-state index in [2.05, 4.69) is 5.10 Å². The first-order valence-corrected chi connectivity index (χ1v) is 5.97. The molecule has 0 unspecified atom stereocenters. The summed E-state index contributed by atoms with van der Waals surface area (Å²) in [4.78, 5) is 22.3. The molecule has 0 saturated heterocycles. The van der Waals surface area contributed by atoms with Gasteiger partial charge in [-0.1, -0.05) is 0 Å². The molecule has 6 heteroatoms. The summed E-state index contributed by atoms with van der Waals surface area (Å²) in [5.74, 6) is -0.873. The molecule has 0 aliphatic rings. The third-order valence-corrected chi connectivity index (χ3v) is 2.94. The van der Waals surface area contributed by atoms with E-state index in [1.807, 2.05) is 12.1 Å². The Labute approximate surface area is 115 Å². The number of hydrogen-bond acceptors (Lipinski definition) is 4. The lowest BCUT2D eigenvalue weighted by atomic mass is 10.1. The van der Waals surface area contributed by atoms with Crippen molar-refractivity contribution >= 4 is 11.8 Å². The van der Waals surface area contributed by atoms with Crippen LogP contribution in [0.3, 0.4) is 0 Å². The van der Waals surface area contributed by atoms with Crippen LogP contribution in [-0.2, 0) is 4.79 Å². The zero-order valence-electron chi connectivity index (χ0n) is 11.2. The lowest BCUT2D eigenvalue weighted by Gasteiger charge is -2.06. The zero-order valence-corrected chi connectivity index (χ0v) is 11.2. The van der Waals surface area contributed by atoms with Crippen molar-refractivity contribution in [2.75, 3.05) is 7.11 Å². The molecule has 1 aromatic carbocycles. The van der Waals surface area contributed by atoms with Crippen LogP contribution >= 0.6 is 0 Å². The molecule has 2 aromatic rings. The minimum Gasteiger partial charge on any atom is -0.497 e. The first-order valence-electron chi connectivity index (χ1n) is 5.97. The molecule has 0 bridgehead atoms. The van der Waals surface area contributed by atoms with Crippen LogP contribution in [0.25, 0.3) is 5.69 Å². The van der Waals surface area contributed by atoms with Crippen LogP contribution in [0, 0.1) is 6.92 Å². The van der Waals surface area contributed by atoms with Gasteiger partial charge in [-0.3, -0.25) is 9.59 Å². The summed E-state index contributed by atoms with van der Waals surface area (Å²) in [5.41, 5.74) is 1.71. The van der Waals surface area contributed by atoms with Gasteiger partial charge in [0.15, 0.2) is 5.78 Å². The fraction of sp³-hybridized carbons (Fsp3) is 0.214. The third kappa shape index (κ3) is 2.69. The van der Waals surface area contributed by atoms with Gasteiger partial charge < -0.3 is 9.84 Å². The van der Waals surface area contributed by atoms with Crippen molar-refractivity contribution in [2.24, 2.45) is 0 Å². The van der Waals surface area contributed by atoms with E-state index in [1.165, 1.54) is 6.20 Å². The van der Waals surface area contributed by atoms with Crippen LogP contribution in [0.4, 0.5) is 0 Å². The van der Waals surface area contributed by atoms with E-state index in [-0.39, 0.29) is 0 Å². The average Bonchev–Trinajstić information content (AvgIpc) is 2.80. The number of carbonyl (C=O) groups excluding carboxylic acids is 1. The summed E-state index contributed by atoms with van der Waals surface area (Å²) in [5, 5.41) is 12.8. The van der Waals surface area contributed by atoms with Crippen molar-refractivity contribution < 1.29 is 19.4 Å². The second-order valence-electron chi connectivity index (χ2n) is 4.25. The van der Waals surface area contributed by atoms with Crippen molar-refractivity contribution in [2.45, 2.75) is 13.3 Å². The topological polar surface area (TPSA) is 81.4 Å². The van der Waals surface area contributed by atoms with Crippen LogP contribution in [-0.4, -0.2) is 33.7 Å². The Bertz CT molecular complexity index is 644. The van der Waals surface area contributed by atoms with Crippen molar-refractivity contribution in [1.29, 1.82) is 0 Å². The van der Waals surface area contributed by atoms with Crippen molar-refractivity contribution in [3.63, 3.8) is 0 Å². The summed E-state index contributed by atoms with van der Waals surface area (Å²) in [7, 11) is 1.58. The van der Waals surface area contributed by atoms with E-state index < -0.39 is 18.2 Å². The van der Waals surface area contributed by atoms with Gasteiger partial charge in [-0.05, 0) is 31.2 Å². The summed E-state index contributed by atoms with van der Waals surface area (Å²) in [6, 6.07) is 7.19. The first kappa shape index (κ1) is 13.8. The third-order valence-electron chi connectivity index (χ3n) is 2.94. The Balaban J connectivity index is 2.32. The number of rotatable bonds is 5. The number of aromatic nitrogens is 2. The fourth-order valence-corrected chi connectivity index (χ4v) is 1.90. The van der Waals surface area contributed by atoms with Gasteiger partial charge in [0.25, 0.3) is 0 Å². The van der Waals surface area contributed by atoms with Crippen LogP contribution in [0.5, 0.6) is 5.75 Å². The summed E-state index contributed by atoms with van der Waals surface area (Å²) in [6.07, 6.45) is 0.861. The fourth-order valence-electron chi connectivity index (χ4n) is 1.90. The minimum absolute atomic E-state index is 0.322. The highest BCUT2D eigenvalue weighted by atomic mass is 16.5. The Morgan fingerprint density at radius 2 is 1.95 bits per heavy atom. The maximum absolute atomic E-state index is 11.8. The van der Waals surface area contributed by atoms with Gasteiger partial charge in [-0.25, -0.2) is 4.68 Å². The molecule has 20 heavy (non-hydrogen) atoms. The summed E-state index contributed by atoms with van der Waals surface area (Å²) >= 11 is 0. The molecule has 0 fully saturated rings. The minimum atomic E-state index is -1.15. The number of benzene rings is 1. The van der Waals surface area contributed by atoms with Gasteiger partial charge in [0.05, 0.1) is 30.3 Å². The van der Waals surface area contributed by atoms with E-state index in [1.54, 1.807) is 30.8 Å². The number of Topliss-reactive ketones (excluding diaryl/α,β-unsaturated/α-hetero) is 1.